The van der Waals surface area contributed by atoms with Crippen LogP contribution >= 0.6 is 0 Å². The summed E-state index contributed by atoms with van der Waals surface area (Å²) in [6.07, 6.45) is 7.01. The second-order valence-electron chi connectivity index (χ2n) is 4.79. The minimum Gasteiger partial charge on any atom is -0.316 e. The molecule has 0 heterocycles. The third-order valence-electron chi connectivity index (χ3n) is 3.57. The van der Waals surface area contributed by atoms with Gasteiger partial charge in [0.05, 0.1) is 11.0 Å². The van der Waals surface area contributed by atoms with Crippen molar-refractivity contribution in [3.05, 3.63) is 0 Å². The van der Waals surface area contributed by atoms with Gasteiger partial charge in [-0.1, -0.05) is 32.6 Å². The SMILES string of the molecule is CCCCS(=O)(=O)C1CCCCCC1NC. The predicted octanol–water partition coefficient (Wildman–Crippen LogP) is 2.12. The van der Waals surface area contributed by atoms with Crippen molar-refractivity contribution in [2.45, 2.75) is 63.2 Å². The lowest BCUT2D eigenvalue weighted by Gasteiger charge is -2.24. The van der Waals surface area contributed by atoms with E-state index in [0.717, 1.165) is 38.5 Å². The van der Waals surface area contributed by atoms with Crippen molar-refractivity contribution in [1.29, 1.82) is 0 Å². The average molecular weight is 247 g/mol. The van der Waals surface area contributed by atoms with E-state index >= 15 is 0 Å². The van der Waals surface area contributed by atoms with Gasteiger partial charge in [-0.15, -0.1) is 0 Å². The first-order valence-corrected chi connectivity index (χ1v) is 8.22. The fourth-order valence-electron chi connectivity index (χ4n) is 2.53. The molecule has 16 heavy (non-hydrogen) atoms. The Morgan fingerprint density at radius 2 is 1.88 bits per heavy atom. The van der Waals surface area contributed by atoms with Crippen molar-refractivity contribution in [3.63, 3.8) is 0 Å². The molecular formula is C12H25NO2S. The predicted molar refractivity (Wildman–Crippen MR) is 68.4 cm³/mol. The van der Waals surface area contributed by atoms with E-state index < -0.39 is 9.84 Å². The largest absolute Gasteiger partial charge is 0.316 e. The monoisotopic (exact) mass is 247 g/mol. The average Bonchev–Trinajstić information content (AvgIpc) is 2.51. The zero-order valence-electron chi connectivity index (χ0n) is 10.5. The van der Waals surface area contributed by atoms with Crippen molar-refractivity contribution in [3.8, 4) is 0 Å². The van der Waals surface area contributed by atoms with Gasteiger partial charge in [-0.05, 0) is 26.3 Å². The van der Waals surface area contributed by atoms with Gasteiger partial charge in [0.1, 0.15) is 0 Å². The summed E-state index contributed by atoms with van der Waals surface area (Å²) in [5, 5.41) is 3.05. The first-order valence-electron chi connectivity index (χ1n) is 6.50. The summed E-state index contributed by atoms with van der Waals surface area (Å²) in [6, 6.07) is 0.171. The zero-order valence-corrected chi connectivity index (χ0v) is 11.4. The van der Waals surface area contributed by atoms with E-state index in [0.29, 0.717) is 5.75 Å². The Morgan fingerprint density at radius 1 is 1.19 bits per heavy atom. The lowest BCUT2D eigenvalue weighted by molar-refractivity contribution is 0.479. The molecule has 3 nitrogen and oxygen atoms in total. The maximum absolute atomic E-state index is 12.2. The van der Waals surface area contributed by atoms with Crippen molar-refractivity contribution in [2.75, 3.05) is 12.8 Å². The fraction of sp³-hybridized carbons (Fsp3) is 1.00. The van der Waals surface area contributed by atoms with Gasteiger partial charge >= 0.3 is 0 Å². The summed E-state index contributed by atoms with van der Waals surface area (Å²) in [5.74, 6) is 0.367. The van der Waals surface area contributed by atoms with Crippen LogP contribution in [0, 0.1) is 0 Å². The number of hydrogen-bond acceptors (Lipinski definition) is 3. The lowest BCUT2D eigenvalue weighted by Crippen LogP contribution is -2.42. The molecule has 0 bridgehead atoms. The Morgan fingerprint density at radius 3 is 2.50 bits per heavy atom. The van der Waals surface area contributed by atoms with Gasteiger partial charge in [-0.25, -0.2) is 8.42 Å². The summed E-state index contributed by atoms with van der Waals surface area (Å²) in [4.78, 5) is 0. The van der Waals surface area contributed by atoms with Crippen LogP contribution in [-0.2, 0) is 9.84 Å². The number of unbranched alkanes of at least 4 members (excludes halogenated alkanes) is 1. The van der Waals surface area contributed by atoms with E-state index in [1.807, 2.05) is 14.0 Å². The maximum atomic E-state index is 12.2. The standard InChI is InChI=1S/C12H25NO2S/c1-3-4-10-16(14,15)12-9-7-5-6-8-11(12)13-2/h11-13H,3-10H2,1-2H3. The highest BCUT2D eigenvalue weighted by Gasteiger charge is 2.32. The molecule has 2 unspecified atom stereocenters. The normalized spacial score (nSPS) is 27.6. The van der Waals surface area contributed by atoms with Crippen LogP contribution in [0.1, 0.15) is 51.9 Å². The number of rotatable bonds is 5. The summed E-state index contributed by atoms with van der Waals surface area (Å²) in [5.41, 5.74) is 0. The van der Waals surface area contributed by atoms with Crippen molar-refractivity contribution in [2.24, 2.45) is 0 Å². The smallest absolute Gasteiger partial charge is 0.154 e. The Bertz CT molecular complexity index is 287. The first-order chi connectivity index (χ1) is 7.61. The molecule has 2 atom stereocenters. The summed E-state index contributed by atoms with van der Waals surface area (Å²) in [6.45, 7) is 2.04. The molecule has 0 amide bonds. The second-order valence-corrected chi connectivity index (χ2v) is 7.13. The number of hydrogen-bond donors (Lipinski definition) is 1. The van der Waals surface area contributed by atoms with E-state index in [2.05, 4.69) is 5.32 Å². The van der Waals surface area contributed by atoms with E-state index in [1.54, 1.807) is 0 Å². The molecule has 96 valence electrons. The quantitative estimate of drug-likeness (QED) is 0.757. The van der Waals surface area contributed by atoms with Crippen molar-refractivity contribution >= 4 is 9.84 Å². The Labute approximate surface area is 99.9 Å². The summed E-state index contributed by atoms with van der Waals surface area (Å²) < 4.78 is 24.5. The molecule has 4 heteroatoms. The van der Waals surface area contributed by atoms with Crippen LogP contribution in [0.5, 0.6) is 0 Å². The molecule has 0 spiro atoms. The van der Waals surface area contributed by atoms with Gasteiger partial charge in [0.2, 0.25) is 0 Å². The highest BCUT2D eigenvalue weighted by atomic mass is 32.2. The van der Waals surface area contributed by atoms with Gasteiger partial charge in [0.15, 0.2) is 9.84 Å². The molecule has 0 aliphatic heterocycles. The zero-order chi connectivity index (χ0) is 12.0. The van der Waals surface area contributed by atoms with E-state index in [4.69, 9.17) is 0 Å². The summed E-state index contributed by atoms with van der Waals surface area (Å²) in [7, 11) is -1.01. The van der Waals surface area contributed by atoms with E-state index in [1.165, 1.54) is 6.42 Å². The molecule has 1 rings (SSSR count). The first kappa shape index (κ1) is 14.0. The lowest BCUT2D eigenvalue weighted by atomic mass is 10.1. The molecule has 1 aliphatic rings. The molecule has 0 radical (unpaired) electrons. The van der Waals surface area contributed by atoms with Crippen LogP contribution in [0.3, 0.4) is 0 Å². The molecule has 0 aromatic rings. The Balaban J connectivity index is 2.72. The summed E-state index contributed by atoms with van der Waals surface area (Å²) >= 11 is 0. The van der Waals surface area contributed by atoms with Crippen LogP contribution in [0.4, 0.5) is 0 Å². The number of nitrogens with one attached hydrogen (secondary N) is 1. The van der Waals surface area contributed by atoms with Crippen molar-refractivity contribution in [1.82, 2.24) is 5.32 Å². The van der Waals surface area contributed by atoms with Gasteiger partial charge in [0, 0.05) is 6.04 Å². The Hall–Kier alpha value is -0.0900. The minimum absolute atomic E-state index is 0.147. The third kappa shape index (κ3) is 3.74. The molecule has 1 saturated carbocycles. The maximum Gasteiger partial charge on any atom is 0.154 e. The second kappa shape index (κ2) is 6.60. The van der Waals surface area contributed by atoms with Gasteiger partial charge in [-0.3, -0.25) is 0 Å². The molecule has 0 saturated heterocycles. The van der Waals surface area contributed by atoms with Crippen molar-refractivity contribution < 1.29 is 8.42 Å². The molecule has 1 N–H and O–H groups in total. The van der Waals surface area contributed by atoms with Crippen LogP contribution < -0.4 is 5.32 Å². The molecule has 1 fully saturated rings. The molecule has 0 aromatic heterocycles. The fourth-order valence-corrected chi connectivity index (χ4v) is 4.82. The molecule has 0 aromatic carbocycles. The van der Waals surface area contributed by atoms with E-state index in [-0.39, 0.29) is 11.3 Å². The molecular weight excluding hydrogens is 222 g/mol. The van der Waals surface area contributed by atoms with Crippen LogP contribution in [0.15, 0.2) is 0 Å². The third-order valence-corrected chi connectivity index (χ3v) is 5.91. The van der Waals surface area contributed by atoms with E-state index in [9.17, 15) is 8.42 Å². The van der Waals surface area contributed by atoms with Crippen LogP contribution in [0.25, 0.3) is 0 Å². The van der Waals surface area contributed by atoms with Gasteiger partial charge < -0.3 is 5.32 Å². The van der Waals surface area contributed by atoms with Crippen LogP contribution in [-0.4, -0.2) is 32.5 Å². The van der Waals surface area contributed by atoms with Crippen LogP contribution in [0.2, 0.25) is 0 Å². The molecule has 1 aliphatic carbocycles. The minimum atomic E-state index is -2.89. The Kier molecular flexibility index (Phi) is 5.76. The topological polar surface area (TPSA) is 46.2 Å². The van der Waals surface area contributed by atoms with Gasteiger partial charge in [0.25, 0.3) is 0 Å². The highest BCUT2D eigenvalue weighted by Crippen LogP contribution is 2.24. The highest BCUT2D eigenvalue weighted by molar-refractivity contribution is 7.92. The number of sulfone groups is 1. The van der Waals surface area contributed by atoms with Gasteiger partial charge in [-0.2, -0.15) is 0 Å².